The first-order valence-corrected chi connectivity index (χ1v) is 9.31. The van der Waals surface area contributed by atoms with Gasteiger partial charge in [0.05, 0.1) is 6.54 Å². The Morgan fingerprint density at radius 2 is 1.80 bits per heavy atom. The second-order valence-electron chi connectivity index (χ2n) is 7.26. The molecule has 0 aliphatic carbocycles. The molecular formula is C20H31N3O2. The van der Waals surface area contributed by atoms with E-state index in [1.54, 1.807) is 0 Å². The Kier molecular flexibility index (Phi) is 7.00. The predicted molar refractivity (Wildman–Crippen MR) is 99.9 cm³/mol. The number of nitrogens with zero attached hydrogens (tertiary/aromatic N) is 1. The molecule has 1 aromatic rings. The average Bonchev–Trinajstić information content (AvgIpc) is 2.62. The van der Waals surface area contributed by atoms with E-state index in [1.165, 1.54) is 11.1 Å². The minimum Gasteiger partial charge on any atom is -0.369 e. The summed E-state index contributed by atoms with van der Waals surface area (Å²) in [6.45, 7) is 8.02. The summed E-state index contributed by atoms with van der Waals surface area (Å²) in [4.78, 5) is 25.5. The number of carbonyl (C=O) groups is 2. The van der Waals surface area contributed by atoms with Gasteiger partial charge in [-0.25, -0.2) is 0 Å². The number of nitrogens with two attached hydrogens (primary N) is 1. The van der Waals surface area contributed by atoms with E-state index in [0.29, 0.717) is 38.4 Å². The van der Waals surface area contributed by atoms with Crippen molar-refractivity contribution in [3.63, 3.8) is 0 Å². The molecular weight excluding hydrogens is 314 g/mol. The maximum absolute atomic E-state index is 12.5. The van der Waals surface area contributed by atoms with Gasteiger partial charge >= 0.3 is 0 Å². The van der Waals surface area contributed by atoms with E-state index >= 15 is 0 Å². The summed E-state index contributed by atoms with van der Waals surface area (Å²) >= 11 is 0. The maximum Gasteiger partial charge on any atom is 0.236 e. The Labute approximate surface area is 151 Å². The van der Waals surface area contributed by atoms with Crippen LogP contribution < -0.4 is 11.1 Å². The van der Waals surface area contributed by atoms with Gasteiger partial charge in [0.1, 0.15) is 0 Å². The molecule has 1 unspecified atom stereocenters. The number of likely N-dealkylation sites (tertiary alicyclic amines) is 1. The molecule has 1 aromatic carbocycles. The van der Waals surface area contributed by atoms with Crippen molar-refractivity contribution in [1.29, 1.82) is 0 Å². The molecule has 1 saturated heterocycles. The fourth-order valence-corrected chi connectivity index (χ4v) is 3.42. The number of benzene rings is 1. The summed E-state index contributed by atoms with van der Waals surface area (Å²) in [6.07, 6.45) is 2.38. The number of hydrogen-bond donors (Lipinski definition) is 2. The fourth-order valence-electron chi connectivity index (χ4n) is 3.42. The highest BCUT2D eigenvalue weighted by atomic mass is 16.2. The standard InChI is InChI=1S/C20H31N3O2/c1-4-15-5-7-16(8-6-15)19(14(2)3)22-13-18(24)23-11-9-17(10-12-23)20(21)25/h5-8,14,17,19,22H,4,9-13H2,1-3H3,(H2,21,25). The number of amides is 2. The quantitative estimate of drug-likeness (QED) is 0.796. The van der Waals surface area contributed by atoms with E-state index in [1.807, 2.05) is 4.90 Å². The van der Waals surface area contributed by atoms with Crippen LogP contribution in [0.5, 0.6) is 0 Å². The van der Waals surface area contributed by atoms with Crippen molar-refractivity contribution in [3.8, 4) is 0 Å². The lowest BCUT2D eigenvalue weighted by Crippen LogP contribution is -2.45. The Morgan fingerprint density at radius 1 is 1.20 bits per heavy atom. The van der Waals surface area contributed by atoms with Crippen molar-refractivity contribution in [1.82, 2.24) is 10.2 Å². The Bertz CT molecular complexity index is 575. The topological polar surface area (TPSA) is 75.4 Å². The number of rotatable bonds is 7. The van der Waals surface area contributed by atoms with E-state index < -0.39 is 0 Å². The first kappa shape index (κ1) is 19.4. The SMILES string of the molecule is CCc1ccc(C(NCC(=O)N2CCC(C(N)=O)CC2)C(C)C)cc1. The third-order valence-corrected chi connectivity index (χ3v) is 5.14. The lowest BCUT2D eigenvalue weighted by molar-refractivity contribution is -0.134. The van der Waals surface area contributed by atoms with E-state index in [-0.39, 0.29) is 23.8 Å². The highest BCUT2D eigenvalue weighted by molar-refractivity contribution is 5.80. The number of piperidine rings is 1. The molecule has 5 heteroatoms. The Balaban J connectivity index is 1.90. The van der Waals surface area contributed by atoms with Gasteiger partial charge in [0.25, 0.3) is 0 Å². The van der Waals surface area contributed by atoms with Crippen LogP contribution in [0.25, 0.3) is 0 Å². The molecule has 5 nitrogen and oxygen atoms in total. The summed E-state index contributed by atoms with van der Waals surface area (Å²) in [7, 11) is 0. The van der Waals surface area contributed by atoms with Gasteiger partial charge in [0.15, 0.2) is 0 Å². The number of nitrogens with one attached hydrogen (secondary N) is 1. The summed E-state index contributed by atoms with van der Waals surface area (Å²) in [5, 5.41) is 3.42. The molecule has 3 N–H and O–H groups in total. The lowest BCUT2D eigenvalue weighted by atomic mass is 9.94. The van der Waals surface area contributed by atoms with E-state index in [0.717, 1.165) is 6.42 Å². The number of carbonyl (C=O) groups excluding carboxylic acids is 2. The van der Waals surface area contributed by atoms with Crippen LogP contribution in [-0.2, 0) is 16.0 Å². The summed E-state index contributed by atoms with van der Waals surface area (Å²) in [5.41, 5.74) is 7.89. The molecule has 1 atom stereocenters. The van der Waals surface area contributed by atoms with Crippen LogP contribution in [0.4, 0.5) is 0 Å². The van der Waals surface area contributed by atoms with Crippen LogP contribution in [0.3, 0.4) is 0 Å². The largest absolute Gasteiger partial charge is 0.369 e. The first-order chi connectivity index (χ1) is 11.9. The van der Waals surface area contributed by atoms with Gasteiger partial charge in [-0.05, 0) is 36.3 Å². The van der Waals surface area contributed by atoms with Crippen LogP contribution in [-0.4, -0.2) is 36.3 Å². The van der Waals surface area contributed by atoms with Crippen LogP contribution in [0, 0.1) is 11.8 Å². The highest BCUT2D eigenvalue weighted by Gasteiger charge is 2.26. The third kappa shape index (κ3) is 5.30. The molecule has 0 radical (unpaired) electrons. The smallest absolute Gasteiger partial charge is 0.236 e. The molecule has 1 fully saturated rings. The Morgan fingerprint density at radius 3 is 2.28 bits per heavy atom. The lowest BCUT2D eigenvalue weighted by Gasteiger charge is -2.31. The van der Waals surface area contributed by atoms with Crippen LogP contribution >= 0.6 is 0 Å². The van der Waals surface area contributed by atoms with Gasteiger partial charge in [0.2, 0.25) is 11.8 Å². The monoisotopic (exact) mass is 345 g/mol. The van der Waals surface area contributed by atoms with Gasteiger partial charge < -0.3 is 16.0 Å². The summed E-state index contributed by atoms with van der Waals surface area (Å²) in [5.74, 6) is 0.151. The fraction of sp³-hybridized carbons (Fsp3) is 0.600. The van der Waals surface area contributed by atoms with Crippen molar-refractivity contribution in [2.45, 2.75) is 46.1 Å². The van der Waals surface area contributed by atoms with Crippen molar-refractivity contribution in [3.05, 3.63) is 35.4 Å². The highest BCUT2D eigenvalue weighted by Crippen LogP contribution is 2.22. The zero-order valence-electron chi connectivity index (χ0n) is 15.6. The molecule has 25 heavy (non-hydrogen) atoms. The normalized spacial score (nSPS) is 16.9. The van der Waals surface area contributed by atoms with Crippen molar-refractivity contribution in [2.24, 2.45) is 17.6 Å². The molecule has 0 saturated carbocycles. The Hall–Kier alpha value is -1.88. The average molecular weight is 345 g/mol. The molecule has 2 amide bonds. The van der Waals surface area contributed by atoms with Crippen LogP contribution in [0.1, 0.15) is 50.8 Å². The summed E-state index contributed by atoms with van der Waals surface area (Å²) < 4.78 is 0. The molecule has 0 bridgehead atoms. The molecule has 2 rings (SSSR count). The van der Waals surface area contributed by atoms with Gasteiger partial charge in [-0.1, -0.05) is 45.0 Å². The molecule has 1 heterocycles. The molecule has 0 aromatic heterocycles. The van der Waals surface area contributed by atoms with Gasteiger partial charge in [-0.3, -0.25) is 9.59 Å². The van der Waals surface area contributed by atoms with Crippen molar-refractivity contribution >= 4 is 11.8 Å². The van der Waals surface area contributed by atoms with Gasteiger partial charge in [-0.2, -0.15) is 0 Å². The van der Waals surface area contributed by atoms with Crippen molar-refractivity contribution in [2.75, 3.05) is 19.6 Å². The van der Waals surface area contributed by atoms with Crippen LogP contribution in [0.2, 0.25) is 0 Å². The molecule has 1 aliphatic heterocycles. The van der Waals surface area contributed by atoms with Gasteiger partial charge in [-0.15, -0.1) is 0 Å². The minimum atomic E-state index is -0.249. The number of hydrogen-bond acceptors (Lipinski definition) is 3. The molecule has 1 aliphatic rings. The van der Waals surface area contributed by atoms with E-state index in [2.05, 4.69) is 50.4 Å². The molecule has 0 spiro atoms. The van der Waals surface area contributed by atoms with E-state index in [4.69, 9.17) is 5.73 Å². The van der Waals surface area contributed by atoms with Gasteiger partial charge in [0, 0.05) is 25.0 Å². The maximum atomic E-state index is 12.5. The minimum absolute atomic E-state index is 0.0856. The second kappa shape index (κ2) is 8.99. The van der Waals surface area contributed by atoms with E-state index in [9.17, 15) is 9.59 Å². The third-order valence-electron chi connectivity index (χ3n) is 5.14. The summed E-state index contributed by atoms with van der Waals surface area (Å²) in [6, 6.07) is 8.77. The number of primary amides is 1. The second-order valence-corrected chi connectivity index (χ2v) is 7.26. The zero-order chi connectivity index (χ0) is 18.4. The van der Waals surface area contributed by atoms with Crippen molar-refractivity contribution < 1.29 is 9.59 Å². The first-order valence-electron chi connectivity index (χ1n) is 9.31. The zero-order valence-corrected chi connectivity index (χ0v) is 15.6. The predicted octanol–water partition coefficient (Wildman–Crippen LogP) is 2.26. The van der Waals surface area contributed by atoms with Crippen LogP contribution in [0.15, 0.2) is 24.3 Å². The number of aryl methyl sites for hydroxylation is 1. The molecule has 138 valence electrons.